The van der Waals surface area contributed by atoms with Crippen LogP contribution in [0.2, 0.25) is 5.02 Å². The molecule has 0 bridgehead atoms. The van der Waals surface area contributed by atoms with E-state index in [1.165, 1.54) is 12.3 Å². The second-order valence-electron chi connectivity index (χ2n) is 8.21. The zero-order valence-corrected chi connectivity index (χ0v) is 19.7. The number of benzene rings is 3. The number of hydrogen-bond acceptors (Lipinski definition) is 4. The van der Waals surface area contributed by atoms with Crippen molar-refractivity contribution in [2.24, 2.45) is 0 Å². The minimum Gasteiger partial charge on any atom is -0.355 e. The number of halogens is 4. The Labute approximate surface area is 213 Å². The molecule has 5 rings (SSSR count). The van der Waals surface area contributed by atoms with Gasteiger partial charge in [0.25, 0.3) is 5.56 Å². The molecule has 182 valence electrons. The van der Waals surface area contributed by atoms with Crippen molar-refractivity contribution in [1.82, 2.24) is 9.97 Å². The van der Waals surface area contributed by atoms with E-state index in [9.17, 15) is 23.2 Å². The maximum absolute atomic E-state index is 13.1. The lowest BCUT2D eigenvalue weighted by atomic mass is 9.99. The van der Waals surface area contributed by atoms with Crippen molar-refractivity contribution in [3.63, 3.8) is 0 Å². The van der Waals surface area contributed by atoms with Crippen molar-refractivity contribution in [3.8, 4) is 28.5 Å². The van der Waals surface area contributed by atoms with Gasteiger partial charge in [-0.15, -0.1) is 0 Å². The minimum absolute atomic E-state index is 0.0115. The van der Waals surface area contributed by atoms with Crippen LogP contribution in [0, 0.1) is 11.3 Å². The van der Waals surface area contributed by atoms with Gasteiger partial charge in [0.15, 0.2) is 0 Å². The highest BCUT2D eigenvalue weighted by Crippen LogP contribution is 2.34. The van der Waals surface area contributed by atoms with Crippen LogP contribution in [0.4, 0.5) is 24.5 Å². The molecule has 0 fully saturated rings. The van der Waals surface area contributed by atoms with Gasteiger partial charge < -0.3 is 10.3 Å². The van der Waals surface area contributed by atoms with Crippen LogP contribution in [-0.4, -0.2) is 9.97 Å². The Hall–Kier alpha value is -4.61. The molecular weight excluding hydrogens is 501 g/mol. The normalized spacial score (nSPS) is 11.3. The van der Waals surface area contributed by atoms with Crippen LogP contribution in [0.3, 0.4) is 0 Å². The van der Waals surface area contributed by atoms with Crippen molar-refractivity contribution in [1.29, 1.82) is 5.26 Å². The Morgan fingerprint density at radius 3 is 2.43 bits per heavy atom. The molecule has 0 aliphatic heterocycles. The molecule has 3 aromatic carbocycles. The Kier molecular flexibility index (Phi) is 6.15. The summed E-state index contributed by atoms with van der Waals surface area (Å²) in [5.74, 6) is 0. The van der Waals surface area contributed by atoms with Gasteiger partial charge in [0.1, 0.15) is 11.6 Å². The molecule has 0 radical (unpaired) electrons. The zero-order chi connectivity index (χ0) is 26.2. The predicted molar refractivity (Wildman–Crippen MR) is 138 cm³/mol. The highest BCUT2D eigenvalue weighted by Gasteiger charge is 2.30. The van der Waals surface area contributed by atoms with Gasteiger partial charge in [-0.05, 0) is 59.7 Å². The Bertz CT molecular complexity index is 1740. The van der Waals surface area contributed by atoms with Crippen molar-refractivity contribution >= 4 is 33.9 Å². The number of nitriles is 1. The summed E-state index contributed by atoms with van der Waals surface area (Å²) in [7, 11) is 0. The number of hydrogen-bond donors (Lipinski definition) is 2. The van der Waals surface area contributed by atoms with Crippen LogP contribution >= 0.6 is 11.6 Å². The first-order valence-corrected chi connectivity index (χ1v) is 11.4. The summed E-state index contributed by atoms with van der Waals surface area (Å²) >= 11 is 6.11. The number of rotatable bonds is 4. The van der Waals surface area contributed by atoms with E-state index in [1.807, 2.05) is 6.07 Å². The fourth-order valence-electron chi connectivity index (χ4n) is 4.03. The predicted octanol–water partition coefficient (Wildman–Crippen LogP) is 7.54. The number of aromatic nitrogens is 2. The topological polar surface area (TPSA) is 81.6 Å². The van der Waals surface area contributed by atoms with Gasteiger partial charge in [-0.1, -0.05) is 41.9 Å². The zero-order valence-electron chi connectivity index (χ0n) is 18.9. The molecular formula is C28H16ClF3N4O. The molecule has 5 nitrogen and oxygen atoms in total. The Morgan fingerprint density at radius 1 is 0.946 bits per heavy atom. The lowest BCUT2D eigenvalue weighted by Crippen LogP contribution is -2.12. The third kappa shape index (κ3) is 4.90. The molecule has 9 heteroatoms. The molecule has 0 saturated carbocycles. The highest BCUT2D eigenvalue weighted by molar-refractivity contribution is 6.30. The number of nitrogens with zero attached hydrogens (tertiary/aromatic N) is 2. The first-order chi connectivity index (χ1) is 17.7. The molecule has 0 saturated heterocycles. The molecule has 2 heterocycles. The summed E-state index contributed by atoms with van der Waals surface area (Å²) in [6.45, 7) is 0. The summed E-state index contributed by atoms with van der Waals surface area (Å²) in [4.78, 5) is 19.5. The molecule has 0 spiro atoms. The van der Waals surface area contributed by atoms with Crippen LogP contribution in [0.25, 0.3) is 33.3 Å². The third-order valence-corrected chi connectivity index (χ3v) is 6.06. The number of fused-ring (bicyclic) bond motifs is 1. The summed E-state index contributed by atoms with van der Waals surface area (Å²) in [6, 6.07) is 22.8. The van der Waals surface area contributed by atoms with Crippen molar-refractivity contribution in [2.75, 3.05) is 5.32 Å². The first kappa shape index (κ1) is 24.1. The molecule has 0 unspecified atom stereocenters. The highest BCUT2D eigenvalue weighted by atomic mass is 35.5. The molecule has 0 aliphatic rings. The third-order valence-electron chi connectivity index (χ3n) is 5.83. The van der Waals surface area contributed by atoms with E-state index in [0.29, 0.717) is 44.2 Å². The SMILES string of the molecule is N#Cc1c(-c2cccc(Cl)c2)cc(-c2ccc(Nc3ccnc4cc(C(F)(F)F)ccc34)cc2)[nH]c1=O. The second kappa shape index (κ2) is 9.45. The van der Waals surface area contributed by atoms with Gasteiger partial charge in [-0.3, -0.25) is 9.78 Å². The smallest absolute Gasteiger partial charge is 0.355 e. The Morgan fingerprint density at radius 2 is 1.73 bits per heavy atom. The maximum Gasteiger partial charge on any atom is 0.416 e. The van der Waals surface area contributed by atoms with Crippen molar-refractivity contribution in [2.45, 2.75) is 6.18 Å². The van der Waals surface area contributed by atoms with Gasteiger partial charge in [-0.25, -0.2) is 0 Å². The van der Waals surface area contributed by atoms with Crippen LogP contribution in [-0.2, 0) is 6.18 Å². The fourth-order valence-corrected chi connectivity index (χ4v) is 4.22. The first-order valence-electron chi connectivity index (χ1n) is 11.0. The molecule has 37 heavy (non-hydrogen) atoms. The average molecular weight is 517 g/mol. The standard InChI is InChI=1S/C28H16ClF3N4O/c29-19-3-1-2-17(12-19)22-14-25(36-27(37)23(22)15-33)16-4-7-20(8-5-16)35-24-10-11-34-26-13-18(28(30,31)32)6-9-21(24)26/h1-14H,(H,34,35)(H,36,37). The van der Waals surface area contributed by atoms with E-state index in [-0.39, 0.29) is 11.1 Å². The molecule has 0 atom stereocenters. The number of pyridine rings is 2. The molecule has 0 aliphatic carbocycles. The van der Waals surface area contributed by atoms with E-state index in [1.54, 1.807) is 60.7 Å². The molecule has 2 aromatic heterocycles. The van der Waals surface area contributed by atoms with Crippen LogP contribution in [0.5, 0.6) is 0 Å². The van der Waals surface area contributed by atoms with E-state index in [0.717, 1.165) is 12.1 Å². The van der Waals surface area contributed by atoms with E-state index < -0.39 is 17.3 Å². The van der Waals surface area contributed by atoms with Gasteiger partial charge in [0.05, 0.1) is 11.1 Å². The van der Waals surface area contributed by atoms with Crippen LogP contribution in [0.15, 0.2) is 89.9 Å². The van der Waals surface area contributed by atoms with Gasteiger partial charge in [-0.2, -0.15) is 18.4 Å². The summed E-state index contributed by atoms with van der Waals surface area (Å²) in [5, 5.41) is 13.8. The number of nitrogens with one attached hydrogen (secondary N) is 2. The monoisotopic (exact) mass is 516 g/mol. The van der Waals surface area contributed by atoms with Gasteiger partial charge in [0, 0.05) is 39.2 Å². The van der Waals surface area contributed by atoms with E-state index in [2.05, 4.69) is 15.3 Å². The molecule has 5 aromatic rings. The number of H-pyrrole nitrogens is 1. The quantitative estimate of drug-likeness (QED) is 0.258. The number of anilines is 2. The average Bonchev–Trinajstić information content (AvgIpc) is 2.88. The largest absolute Gasteiger partial charge is 0.416 e. The summed E-state index contributed by atoms with van der Waals surface area (Å²) < 4.78 is 39.2. The van der Waals surface area contributed by atoms with Crippen molar-refractivity contribution < 1.29 is 13.2 Å². The number of alkyl halides is 3. The summed E-state index contributed by atoms with van der Waals surface area (Å²) in [6.07, 6.45) is -3.01. The molecule has 0 amide bonds. The maximum atomic E-state index is 13.1. The second-order valence-corrected chi connectivity index (χ2v) is 8.65. The lowest BCUT2D eigenvalue weighted by molar-refractivity contribution is -0.137. The van der Waals surface area contributed by atoms with E-state index in [4.69, 9.17) is 11.6 Å². The Balaban J connectivity index is 1.47. The number of aromatic amines is 1. The van der Waals surface area contributed by atoms with Crippen molar-refractivity contribution in [3.05, 3.63) is 112 Å². The molecule has 2 N–H and O–H groups in total. The van der Waals surface area contributed by atoms with E-state index >= 15 is 0 Å². The van der Waals surface area contributed by atoms with Crippen LogP contribution in [0.1, 0.15) is 11.1 Å². The lowest BCUT2D eigenvalue weighted by Gasteiger charge is -2.12. The van der Waals surface area contributed by atoms with Gasteiger partial charge >= 0.3 is 6.18 Å². The minimum atomic E-state index is -4.45. The van der Waals surface area contributed by atoms with Crippen LogP contribution < -0.4 is 10.9 Å². The summed E-state index contributed by atoms with van der Waals surface area (Å²) in [5.41, 5.74) is 2.54. The fraction of sp³-hybridized carbons (Fsp3) is 0.0357. The van der Waals surface area contributed by atoms with Gasteiger partial charge in [0.2, 0.25) is 0 Å².